The van der Waals surface area contributed by atoms with Gasteiger partial charge in [0, 0.05) is 5.92 Å². The molecule has 0 aromatic rings. The zero-order chi connectivity index (χ0) is 9.30. The molecule has 0 amide bonds. The van der Waals surface area contributed by atoms with E-state index in [1.54, 1.807) is 6.92 Å². The molecule has 0 aliphatic heterocycles. The monoisotopic (exact) mass is 168 g/mol. The first kappa shape index (κ1) is 9.46. The van der Waals surface area contributed by atoms with Gasteiger partial charge in [-0.1, -0.05) is 19.9 Å². The van der Waals surface area contributed by atoms with Crippen LogP contribution in [0.5, 0.6) is 0 Å². The Labute approximate surface area is 73.3 Å². The smallest absolute Gasteiger partial charge is 0.169 e. The van der Waals surface area contributed by atoms with Gasteiger partial charge >= 0.3 is 0 Å². The van der Waals surface area contributed by atoms with Crippen LogP contribution >= 0.6 is 0 Å². The summed E-state index contributed by atoms with van der Waals surface area (Å²) in [6.07, 6.45) is 1.92. The van der Waals surface area contributed by atoms with Crippen molar-refractivity contribution in [2.45, 2.75) is 33.3 Å². The van der Waals surface area contributed by atoms with Crippen LogP contribution in [0.25, 0.3) is 0 Å². The number of hydrogen-bond acceptors (Lipinski definition) is 2. The number of allylic oxidation sites excluding steroid dienone is 1. The maximum atomic E-state index is 11.5. The minimum atomic E-state index is -0.842. The van der Waals surface area contributed by atoms with Crippen LogP contribution in [0.2, 0.25) is 0 Å². The molecule has 2 nitrogen and oxygen atoms in total. The van der Waals surface area contributed by atoms with Gasteiger partial charge in [-0.05, 0) is 24.8 Å². The van der Waals surface area contributed by atoms with Crippen LogP contribution in [-0.2, 0) is 4.79 Å². The minimum absolute atomic E-state index is 0.00926. The molecule has 0 heterocycles. The minimum Gasteiger partial charge on any atom is -0.381 e. The first-order chi connectivity index (χ1) is 5.54. The van der Waals surface area contributed by atoms with Crippen LogP contribution in [0.15, 0.2) is 11.6 Å². The van der Waals surface area contributed by atoms with Crippen LogP contribution in [0, 0.1) is 11.8 Å². The molecule has 0 saturated heterocycles. The summed E-state index contributed by atoms with van der Waals surface area (Å²) in [5.74, 6) is 0.338. The second kappa shape index (κ2) is 3.40. The Hall–Kier alpha value is -0.630. The van der Waals surface area contributed by atoms with Gasteiger partial charge < -0.3 is 5.11 Å². The Morgan fingerprint density at radius 1 is 1.58 bits per heavy atom. The van der Waals surface area contributed by atoms with Crippen LogP contribution in [0.3, 0.4) is 0 Å². The number of Topliss-reactive ketones (excluding diaryl/α,β-unsaturated/α-hetero) is 1. The zero-order valence-corrected chi connectivity index (χ0v) is 7.87. The summed E-state index contributed by atoms with van der Waals surface area (Å²) in [5.41, 5.74) is 0.803. The number of ketones is 1. The predicted molar refractivity (Wildman–Crippen MR) is 47.7 cm³/mol. The number of rotatable bonds is 1. The standard InChI is InChI=1S/C10H16O2/c1-6(2)8-5-4-7(3)9(11)10(8)12/h4,6,8-9,11H,5H2,1-3H3/t8-,9+/m1/s1. The Morgan fingerprint density at radius 3 is 2.67 bits per heavy atom. The molecule has 1 aliphatic carbocycles. The molecule has 0 bridgehead atoms. The van der Waals surface area contributed by atoms with Gasteiger partial charge in [0.15, 0.2) is 5.78 Å². The molecule has 12 heavy (non-hydrogen) atoms. The number of carbonyl (C=O) groups excluding carboxylic acids is 1. The lowest BCUT2D eigenvalue weighted by atomic mass is 9.80. The summed E-state index contributed by atoms with van der Waals surface area (Å²) >= 11 is 0. The number of hydrogen-bond donors (Lipinski definition) is 1. The van der Waals surface area contributed by atoms with Crippen molar-refractivity contribution in [2.24, 2.45) is 11.8 Å². The molecular weight excluding hydrogens is 152 g/mol. The SMILES string of the molecule is CC1=CC[C@H](C(C)C)C(=O)[C@H]1O. The molecule has 1 N–H and O–H groups in total. The Bertz CT molecular complexity index is 216. The van der Waals surface area contributed by atoms with Crippen LogP contribution < -0.4 is 0 Å². The van der Waals surface area contributed by atoms with E-state index in [0.717, 1.165) is 12.0 Å². The lowest BCUT2D eigenvalue weighted by Crippen LogP contribution is -2.34. The summed E-state index contributed by atoms with van der Waals surface area (Å²) in [4.78, 5) is 11.5. The van der Waals surface area contributed by atoms with Crippen molar-refractivity contribution in [3.05, 3.63) is 11.6 Å². The molecule has 0 aromatic carbocycles. The maximum Gasteiger partial charge on any atom is 0.169 e. The van der Waals surface area contributed by atoms with E-state index in [4.69, 9.17) is 0 Å². The van der Waals surface area contributed by atoms with Crippen molar-refractivity contribution in [3.8, 4) is 0 Å². The fourth-order valence-electron chi connectivity index (χ4n) is 1.57. The molecule has 0 unspecified atom stereocenters. The summed E-state index contributed by atoms with van der Waals surface area (Å²) in [7, 11) is 0. The Morgan fingerprint density at radius 2 is 2.17 bits per heavy atom. The third-order valence-corrected chi connectivity index (χ3v) is 2.56. The van der Waals surface area contributed by atoms with Crippen molar-refractivity contribution >= 4 is 5.78 Å². The summed E-state index contributed by atoms with van der Waals surface area (Å²) in [6.45, 7) is 5.84. The summed E-state index contributed by atoms with van der Waals surface area (Å²) in [5, 5.41) is 9.45. The number of aliphatic hydroxyl groups is 1. The molecule has 0 aromatic heterocycles. The maximum absolute atomic E-state index is 11.5. The van der Waals surface area contributed by atoms with E-state index in [0.29, 0.717) is 5.92 Å². The van der Waals surface area contributed by atoms with Crippen molar-refractivity contribution in [1.29, 1.82) is 0 Å². The highest BCUT2D eigenvalue weighted by Gasteiger charge is 2.31. The Kier molecular flexibility index (Phi) is 2.68. The molecule has 0 radical (unpaired) electrons. The highest BCUT2D eigenvalue weighted by molar-refractivity contribution is 5.89. The lowest BCUT2D eigenvalue weighted by molar-refractivity contribution is -0.131. The third kappa shape index (κ3) is 1.58. The van der Waals surface area contributed by atoms with E-state index in [-0.39, 0.29) is 11.7 Å². The molecular formula is C10H16O2. The molecule has 68 valence electrons. The second-order valence-corrected chi connectivity index (χ2v) is 3.84. The van der Waals surface area contributed by atoms with E-state index in [2.05, 4.69) is 0 Å². The molecule has 0 saturated carbocycles. The molecule has 0 spiro atoms. The molecule has 0 fully saturated rings. The van der Waals surface area contributed by atoms with E-state index < -0.39 is 6.10 Å². The first-order valence-corrected chi connectivity index (χ1v) is 4.42. The van der Waals surface area contributed by atoms with Gasteiger partial charge in [-0.3, -0.25) is 4.79 Å². The van der Waals surface area contributed by atoms with Gasteiger partial charge in [0.2, 0.25) is 0 Å². The van der Waals surface area contributed by atoms with Gasteiger partial charge in [0.25, 0.3) is 0 Å². The molecule has 2 heteroatoms. The number of aliphatic hydroxyl groups excluding tert-OH is 1. The van der Waals surface area contributed by atoms with Gasteiger partial charge in [-0.2, -0.15) is 0 Å². The Balaban J connectivity index is 2.80. The zero-order valence-electron chi connectivity index (χ0n) is 7.87. The highest BCUT2D eigenvalue weighted by atomic mass is 16.3. The summed E-state index contributed by atoms with van der Waals surface area (Å²) < 4.78 is 0. The van der Waals surface area contributed by atoms with Crippen molar-refractivity contribution in [3.63, 3.8) is 0 Å². The fourth-order valence-corrected chi connectivity index (χ4v) is 1.57. The normalized spacial score (nSPS) is 30.8. The van der Waals surface area contributed by atoms with Gasteiger partial charge in [0.1, 0.15) is 6.10 Å². The van der Waals surface area contributed by atoms with E-state index in [9.17, 15) is 9.90 Å². The highest BCUT2D eigenvalue weighted by Crippen LogP contribution is 2.26. The topological polar surface area (TPSA) is 37.3 Å². The summed E-state index contributed by atoms with van der Waals surface area (Å²) in [6, 6.07) is 0. The van der Waals surface area contributed by atoms with E-state index >= 15 is 0 Å². The lowest BCUT2D eigenvalue weighted by Gasteiger charge is -2.26. The van der Waals surface area contributed by atoms with Crippen molar-refractivity contribution in [1.82, 2.24) is 0 Å². The average Bonchev–Trinajstić information content (AvgIpc) is 2.00. The third-order valence-electron chi connectivity index (χ3n) is 2.56. The molecule has 2 atom stereocenters. The fraction of sp³-hybridized carbons (Fsp3) is 0.700. The quantitative estimate of drug-likeness (QED) is 0.603. The molecule has 1 rings (SSSR count). The van der Waals surface area contributed by atoms with Crippen LogP contribution in [-0.4, -0.2) is 17.0 Å². The average molecular weight is 168 g/mol. The second-order valence-electron chi connectivity index (χ2n) is 3.84. The van der Waals surface area contributed by atoms with Crippen molar-refractivity contribution in [2.75, 3.05) is 0 Å². The molecule has 1 aliphatic rings. The van der Waals surface area contributed by atoms with Crippen LogP contribution in [0.1, 0.15) is 27.2 Å². The van der Waals surface area contributed by atoms with E-state index in [1.807, 2.05) is 19.9 Å². The van der Waals surface area contributed by atoms with Crippen LogP contribution in [0.4, 0.5) is 0 Å². The van der Waals surface area contributed by atoms with Gasteiger partial charge in [-0.25, -0.2) is 0 Å². The van der Waals surface area contributed by atoms with Crippen molar-refractivity contribution < 1.29 is 9.90 Å². The largest absolute Gasteiger partial charge is 0.381 e. The van der Waals surface area contributed by atoms with Gasteiger partial charge in [0.05, 0.1) is 0 Å². The first-order valence-electron chi connectivity index (χ1n) is 4.42. The van der Waals surface area contributed by atoms with Gasteiger partial charge in [-0.15, -0.1) is 0 Å². The number of carbonyl (C=O) groups is 1. The predicted octanol–water partition coefficient (Wildman–Crippen LogP) is 1.54. The van der Waals surface area contributed by atoms with E-state index in [1.165, 1.54) is 0 Å².